The average molecular weight is 266 g/mol. The molecule has 0 bridgehead atoms. The van der Waals surface area contributed by atoms with Crippen LogP contribution in [-0.2, 0) is 0 Å². The minimum Gasteiger partial charge on any atom is -0.103 e. The van der Waals surface area contributed by atoms with Crippen molar-refractivity contribution >= 4 is 30.7 Å². The van der Waals surface area contributed by atoms with E-state index in [-0.39, 0.29) is 0 Å². The molecule has 0 rings (SSSR count). The van der Waals surface area contributed by atoms with Gasteiger partial charge in [-0.1, -0.05) is 54.4 Å². The Kier molecular flexibility index (Phi) is 4.52. The zero-order valence-corrected chi connectivity index (χ0v) is 10.1. The zero-order valence-electron chi connectivity index (χ0n) is 6.95. The molecule has 0 radical (unpaired) electrons. The molecule has 0 fully saturated rings. The monoisotopic (exact) mass is 266 g/mol. The van der Waals surface area contributed by atoms with E-state index in [2.05, 4.69) is 54.9 Å². The van der Waals surface area contributed by atoms with Crippen LogP contribution in [0.15, 0.2) is 21.9 Å². The number of rotatable bonds is 3. The van der Waals surface area contributed by atoms with E-state index >= 15 is 0 Å². The second kappa shape index (κ2) is 4.33. The molecule has 0 aliphatic rings. The zero-order chi connectivity index (χ0) is 8.20. The Morgan fingerprint density at radius 2 is 2.00 bits per heavy atom. The van der Waals surface area contributed by atoms with E-state index in [0.29, 0.717) is 0 Å². The Morgan fingerprint density at radius 3 is 2.30 bits per heavy atom. The van der Waals surface area contributed by atoms with Crippen molar-refractivity contribution in [2.75, 3.05) is 0 Å². The van der Waals surface area contributed by atoms with Gasteiger partial charge in [-0.05, 0) is 9.62 Å². The SMILES string of the molecule is C=CC/C=C(\I)[Si](C)(C)C. The minimum absolute atomic E-state index is 0.998. The molecule has 0 atom stereocenters. The largest absolute Gasteiger partial charge is 0.103 e. The maximum atomic E-state index is 3.68. The van der Waals surface area contributed by atoms with Crippen molar-refractivity contribution in [1.82, 2.24) is 0 Å². The lowest BCUT2D eigenvalue weighted by Crippen LogP contribution is -2.19. The second-order valence-corrected chi connectivity index (χ2v) is 10.5. The fourth-order valence-electron chi connectivity index (χ4n) is 0.493. The molecular weight excluding hydrogens is 251 g/mol. The van der Waals surface area contributed by atoms with Crippen molar-refractivity contribution in [1.29, 1.82) is 0 Å². The molecule has 0 nitrogen and oxygen atoms in total. The van der Waals surface area contributed by atoms with Crippen molar-refractivity contribution in [2.45, 2.75) is 26.1 Å². The van der Waals surface area contributed by atoms with Gasteiger partial charge in [0.2, 0.25) is 0 Å². The molecule has 0 aliphatic heterocycles. The van der Waals surface area contributed by atoms with Crippen LogP contribution in [0.3, 0.4) is 0 Å². The molecule has 0 saturated heterocycles. The fraction of sp³-hybridized carbons (Fsp3) is 0.500. The van der Waals surface area contributed by atoms with Crippen LogP contribution in [0.25, 0.3) is 0 Å². The fourth-order valence-corrected chi connectivity index (χ4v) is 1.48. The van der Waals surface area contributed by atoms with Crippen LogP contribution in [0, 0.1) is 0 Å². The van der Waals surface area contributed by atoms with Crippen LogP contribution in [-0.4, -0.2) is 8.07 Å². The van der Waals surface area contributed by atoms with Crippen LogP contribution < -0.4 is 0 Å². The van der Waals surface area contributed by atoms with Gasteiger partial charge in [-0.15, -0.1) is 6.58 Å². The van der Waals surface area contributed by atoms with Crippen molar-refractivity contribution in [3.05, 3.63) is 21.9 Å². The van der Waals surface area contributed by atoms with Crippen LogP contribution in [0.1, 0.15) is 6.42 Å². The number of allylic oxidation sites excluding steroid dienone is 2. The molecule has 58 valence electrons. The highest BCUT2D eigenvalue weighted by Crippen LogP contribution is 2.21. The lowest BCUT2D eigenvalue weighted by atomic mass is 10.4. The van der Waals surface area contributed by atoms with Crippen LogP contribution in [0.4, 0.5) is 0 Å². The molecule has 0 N–H and O–H groups in total. The molecule has 0 amide bonds. The van der Waals surface area contributed by atoms with Gasteiger partial charge in [-0.2, -0.15) is 0 Å². The molecule has 0 aromatic carbocycles. The Labute approximate surface area is 78.6 Å². The van der Waals surface area contributed by atoms with Gasteiger partial charge < -0.3 is 0 Å². The van der Waals surface area contributed by atoms with E-state index in [4.69, 9.17) is 0 Å². The highest BCUT2D eigenvalue weighted by molar-refractivity contribution is 14.1. The van der Waals surface area contributed by atoms with E-state index in [9.17, 15) is 0 Å². The summed E-state index contributed by atoms with van der Waals surface area (Å²) in [6.07, 6.45) is 5.24. The first-order chi connectivity index (χ1) is 4.48. The molecule has 10 heavy (non-hydrogen) atoms. The lowest BCUT2D eigenvalue weighted by Gasteiger charge is -2.14. The van der Waals surface area contributed by atoms with Crippen LogP contribution in [0.2, 0.25) is 19.6 Å². The van der Waals surface area contributed by atoms with Crippen LogP contribution in [0.5, 0.6) is 0 Å². The third kappa shape index (κ3) is 4.28. The molecule has 0 aromatic heterocycles. The van der Waals surface area contributed by atoms with Gasteiger partial charge in [-0.3, -0.25) is 0 Å². The Balaban J connectivity index is 4.05. The van der Waals surface area contributed by atoms with E-state index in [1.54, 1.807) is 3.20 Å². The van der Waals surface area contributed by atoms with Gasteiger partial charge in [-0.25, -0.2) is 0 Å². The van der Waals surface area contributed by atoms with Crippen molar-refractivity contribution in [3.8, 4) is 0 Å². The van der Waals surface area contributed by atoms with E-state index < -0.39 is 8.07 Å². The highest BCUT2D eigenvalue weighted by Gasteiger charge is 2.15. The lowest BCUT2D eigenvalue weighted by molar-refractivity contribution is 1.41. The van der Waals surface area contributed by atoms with Gasteiger partial charge in [0.1, 0.15) is 0 Å². The summed E-state index contributed by atoms with van der Waals surface area (Å²) in [5, 5.41) is 0. The van der Waals surface area contributed by atoms with Crippen LogP contribution >= 0.6 is 22.6 Å². The molecule has 2 heteroatoms. The Hall–Kier alpha value is 0.427. The molecule has 0 spiro atoms. The summed E-state index contributed by atoms with van der Waals surface area (Å²) in [5.74, 6) is 0. The van der Waals surface area contributed by atoms with Gasteiger partial charge in [0, 0.05) is 0 Å². The predicted octanol–water partition coefficient (Wildman–Crippen LogP) is 3.76. The van der Waals surface area contributed by atoms with Gasteiger partial charge in [0.05, 0.1) is 8.07 Å². The van der Waals surface area contributed by atoms with E-state index in [1.807, 2.05) is 6.08 Å². The molecule has 0 saturated carbocycles. The summed E-state index contributed by atoms with van der Waals surface area (Å²) in [4.78, 5) is 0. The first-order valence-electron chi connectivity index (χ1n) is 3.45. The quantitative estimate of drug-likeness (QED) is 0.414. The first-order valence-corrected chi connectivity index (χ1v) is 8.03. The molecule has 0 aromatic rings. The minimum atomic E-state index is -0.998. The first kappa shape index (κ1) is 10.4. The van der Waals surface area contributed by atoms with Crippen molar-refractivity contribution in [2.24, 2.45) is 0 Å². The summed E-state index contributed by atoms with van der Waals surface area (Å²) in [5.41, 5.74) is 0. The second-order valence-electron chi connectivity index (χ2n) is 3.33. The van der Waals surface area contributed by atoms with Gasteiger partial charge >= 0.3 is 0 Å². The standard InChI is InChI=1S/C8H15ISi/c1-5-6-7-8(9)10(2,3)4/h5,7H,1,6H2,2-4H3/b8-7+. The highest BCUT2D eigenvalue weighted by atomic mass is 127. The summed E-state index contributed by atoms with van der Waals surface area (Å²) in [7, 11) is -0.998. The number of hydrogen-bond donors (Lipinski definition) is 0. The smallest absolute Gasteiger partial charge is 0.0850 e. The molecular formula is C8H15ISi. The summed E-state index contributed by atoms with van der Waals surface area (Å²) in [6, 6.07) is 0. The van der Waals surface area contributed by atoms with E-state index in [0.717, 1.165) is 6.42 Å². The topological polar surface area (TPSA) is 0 Å². The normalized spacial score (nSPS) is 13.4. The average Bonchev–Trinajstić information content (AvgIpc) is 1.80. The van der Waals surface area contributed by atoms with E-state index in [1.165, 1.54) is 0 Å². The van der Waals surface area contributed by atoms with Crippen molar-refractivity contribution < 1.29 is 0 Å². The molecule has 0 aliphatic carbocycles. The maximum absolute atomic E-state index is 3.68. The number of halogens is 1. The molecule has 0 unspecified atom stereocenters. The Bertz CT molecular complexity index is 142. The Morgan fingerprint density at radius 1 is 1.50 bits per heavy atom. The van der Waals surface area contributed by atoms with Crippen molar-refractivity contribution in [3.63, 3.8) is 0 Å². The third-order valence-electron chi connectivity index (χ3n) is 1.18. The summed E-state index contributed by atoms with van der Waals surface area (Å²) >= 11 is 2.45. The van der Waals surface area contributed by atoms with Gasteiger partial charge in [0.15, 0.2) is 0 Å². The number of hydrogen-bond acceptors (Lipinski definition) is 0. The predicted molar refractivity (Wildman–Crippen MR) is 60.3 cm³/mol. The summed E-state index contributed by atoms with van der Waals surface area (Å²) < 4.78 is 1.55. The van der Waals surface area contributed by atoms with Gasteiger partial charge in [0.25, 0.3) is 0 Å². The molecule has 0 heterocycles. The maximum Gasteiger partial charge on any atom is 0.0850 e. The third-order valence-corrected chi connectivity index (χ3v) is 8.11. The summed E-state index contributed by atoms with van der Waals surface area (Å²) in [6.45, 7) is 10.7.